The van der Waals surface area contributed by atoms with Crippen LogP contribution in [-0.4, -0.2) is 16.1 Å². The highest BCUT2D eigenvalue weighted by atomic mass is 19.1. The largest absolute Gasteiger partial charge is 0.481 e. The Hall–Kier alpha value is -1.45. The number of halogens is 1. The number of nitrogens with zero attached hydrogens (tertiary/aromatic N) is 1. The van der Waals surface area contributed by atoms with Crippen LogP contribution in [0.4, 0.5) is 4.39 Å². The molecule has 1 rings (SSSR count). The van der Waals surface area contributed by atoms with E-state index in [1.165, 1.54) is 6.07 Å². The molecule has 4 heteroatoms. The molecule has 1 heterocycles. The Kier molecular flexibility index (Phi) is 2.74. The van der Waals surface area contributed by atoms with Crippen molar-refractivity contribution >= 4 is 5.97 Å². The van der Waals surface area contributed by atoms with Gasteiger partial charge in [-0.05, 0) is 12.1 Å². The second-order valence-corrected chi connectivity index (χ2v) is 2.32. The predicted molar refractivity (Wildman–Crippen MR) is 40.4 cm³/mol. The molecule has 0 saturated heterocycles. The molecule has 1 N–H and O–H groups in total. The maximum atomic E-state index is 12.0. The highest BCUT2D eigenvalue weighted by Crippen LogP contribution is 2.01. The zero-order valence-corrected chi connectivity index (χ0v) is 6.33. The van der Waals surface area contributed by atoms with Crippen LogP contribution in [0.15, 0.2) is 18.2 Å². The summed E-state index contributed by atoms with van der Waals surface area (Å²) >= 11 is 0. The van der Waals surface area contributed by atoms with Crippen LogP contribution >= 0.6 is 0 Å². The van der Waals surface area contributed by atoms with Crippen LogP contribution in [0.1, 0.15) is 11.4 Å². The lowest BCUT2D eigenvalue weighted by molar-refractivity contribution is -0.136. The summed E-state index contributed by atoms with van der Waals surface area (Å²) in [6.07, 6.45) is -0.159. The monoisotopic (exact) mass is 169 g/mol. The Bertz CT molecular complexity index is 288. The van der Waals surface area contributed by atoms with Crippen molar-refractivity contribution in [1.29, 1.82) is 0 Å². The molecule has 0 aromatic carbocycles. The summed E-state index contributed by atoms with van der Waals surface area (Å²) in [5.74, 6) is -0.960. The summed E-state index contributed by atoms with van der Waals surface area (Å²) in [6.45, 7) is -0.659. The number of carbonyl (C=O) groups is 1. The summed E-state index contributed by atoms with van der Waals surface area (Å²) in [5, 5.41) is 8.40. The molecule has 1 aromatic heterocycles. The normalized spacial score (nSPS) is 9.75. The maximum Gasteiger partial charge on any atom is 0.309 e. The molecule has 0 fully saturated rings. The smallest absolute Gasteiger partial charge is 0.309 e. The second kappa shape index (κ2) is 3.80. The first-order valence-electron chi connectivity index (χ1n) is 3.45. The van der Waals surface area contributed by atoms with E-state index >= 15 is 0 Å². The first-order chi connectivity index (χ1) is 5.72. The Balaban J connectivity index is 2.79. The van der Waals surface area contributed by atoms with Crippen LogP contribution in [0.25, 0.3) is 0 Å². The molecule has 64 valence electrons. The zero-order chi connectivity index (χ0) is 8.97. The highest BCUT2D eigenvalue weighted by molar-refractivity contribution is 5.69. The predicted octanol–water partition coefficient (Wildman–Crippen LogP) is 1.18. The van der Waals surface area contributed by atoms with Gasteiger partial charge < -0.3 is 5.11 Å². The summed E-state index contributed by atoms with van der Waals surface area (Å²) in [4.78, 5) is 14.0. The highest BCUT2D eigenvalue weighted by Gasteiger charge is 2.01. The fourth-order valence-corrected chi connectivity index (χ4v) is 0.857. The lowest BCUT2D eigenvalue weighted by atomic mass is 10.2. The van der Waals surface area contributed by atoms with Gasteiger partial charge in [-0.3, -0.25) is 9.78 Å². The minimum Gasteiger partial charge on any atom is -0.481 e. The van der Waals surface area contributed by atoms with E-state index < -0.39 is 12.6 Å². The van der Waals surface area contributed by atoms with Crippen LogP contribution < -0.4 is 0 Å². The molecule has 0 amide bonds. The molecule has 0 saturated carbocycles. The van der Waals surface area contributed by atoms with Gasteiger partial charge in [0.05, 0.1) is 17.8 Å². The molecule has 12 heavy (non-hydrogen) atoms. The van der Waals surface area contributed by atoms with Crippen molar-refractivity contribution in [3.63, 3.8) is 0 Å². The second-order valence-electron chi connectivity index (χ2n) is 2.32. The SMILES string of the molecule is O=C(O)Cc1cccc(CF)n1. The molecule has 0 aliphatic rings. The Morgan fingerprint density at radius 1 is 1.50 bits per heavy atom. The lowest BCUT2D eigenvalue weighted by Crippen LogP contribution is -2.03. The Labute approximate surface area is 68.9 Å². The van der Waals surface area contributed by atoms with Crippen molar-refractivity contribution in [2.75, 3.05) is 0 Å². The van der Waals surface area contributed by atoms with Gasteiger partial charge in [0.1, 0.15) is 6.67 Å². The number of hydrogen-bond donors (Lipinski definition) is 1. The molecule has 0 spiro atoms. The van der Waals surface area contributed by atoms with E-state index in [0.29, 0.717) is 5.69 Å². The van der Waals surface area contributed by atoms with Gasteiger partial charge in [-0.25, -0.2) is 4.39 Å². The first-order valence-corrected chi connectivity index (χ1v) is 3.45. The fraction of sp³-hybridized carbons (Fsp3) is 0.250. The fourth-order valence-electron chi connectivity index (χ4n) is 0.857. The first kappa shape index (κ1) is 8.64. The third-order valence-electron chi connectivity index (χ3n) is 1.33. The van der Waals surface area contributed by atoms with Gasteiger partial charge >= 0.3 is 5.97 Å². The number of aliphatic carboxylic acids is 1. The number of rotatable bonds is 3. The zero-order valence-electron chi connectivity index (χ0n) is 6.33. The molecule has 0 bridgehead atoms. The van der Waals surface area contributed by atoms with E-state index in [9.17, 15) is 9.18 Å². The molecule has 0 unspecified atom stereocenters. The Morgan fingerprint density at radius 3 is 2.75 bits per heavy atom. The van der Waals surface area contributed by atoms with Gasteiger partial charge in [0.15, 0.2) is 0 Å². The quantitative estimate of drug-likeness (QED) is 0.739. The van der Waals surface area contributed by atoms with E-state index in [2.05, 4.69) is 4.98 Å². The van der Waals surface area contributed by atoms with Crippen molar-refractivity contribution in [1.82, 2.24) is 4.98 Å². The minimum absolute atomic E-state index is 0.159. The van der Waals surface area contributed by atoms with Crippen molar-refractivity contribution in [2.45, 2.75) is 13.1 Å². The van der Waals surface area contributed by atoms with Gasteiger partial charge in [-0.15, -0.1) is 0 Å². The van der Waals surface area contributed by atoms with Crippen molar-refractivity contribution in [2.24, 2.45) is 0 Å². The minimum atomic E-state index is -0.960. The van der Waals surface area contributed by atoms with E-state index in [1.807, 2.05) is 0 Å². The molecule has 1 aromatic rings. The van der Waals surface area contributed by atoms with E-state index in [0.717, 1.165) is 0 Å². The topological polar surface area (TPSA) is 50.2 Å². The van der Waals surface area contributed by atoms with Crippen molar-refractivity contribution in [3.05, 3.63) is 29.6 Å². The van der Waals surface area contributed by atoms with Crippen LogP contribution in [-0.2, 0) is 17.9 Å². The molecule has 0 aliphatic carbocycles. The van der Waals surface area contributed by atoms with Gasteiger partial charge in [-0.1, -0.05) is 6.07 Å². The van der Waals surface area contributed by atoms with Crippen LogP contribution in [0.3, 0.4) is 0 Å². The average Bonchev–Trinajstić information content (AvgIpc) is 2.03. The molecular weight excluding hydrogens is 161 g/mol. The van der Waals surface area contributed by atoms with Crippen LogP contribution in [0, 0.1) is 0 Å². The lowest BCUT2D eigenvalue weighted by Gasteiger charge is -1.97. The van der Waals surface area contributed by atoms with Crippen LogP contribution in [0.5, 0.6) is 0 Å². The van der Waals surface area contributed by atoms with Gasteiger partial charge in [0, 0.05) is 0 Å². The number of hydrogen-bond acceptors (Lipinski definition) is 2. The molecule has 3 nitrogen and oxygen atoms in total. The number of pyridine rings is 1. The van der Waals surface area contributed by atoms with Gasteiger partial charge in [0.25, 0.3) is 0 Å². The van der Waals surface area contributed by atoms with E-state index in [-0.39, 0.29) is 12.1 Å². The third-order valence-corrected chi connectivity index (χ3v) is 1.33. The average molecular weight is 169 g/mol. The van der Waals surface area contributed by atoms with Crippen LogP contribution in [0.2, 0.25) is 0 Å². The summed E-state index contributed by atoms with van der Waals surface area (Å²) in [5.41, 5.74) is 0.659. The van der Waals surface area contributed by atoms with E-state index in [4.69, 9.17) is 5.11 Å². The van der Waals surface area contributed by atoms with Gasteiger partial charge in [-0.2, -0.15) is 0 Å². The Morgan fingerprint density at radius 2 is 2.17 bits per heavy atom. The molecule has 0 aliphatic heterocycles. The van der Waals surface area contributed by atoms with Crippen molar-refractivity contribution in [3.8, 4) is 0 Å². The number of carboxylic acids is 1. The number of carboxylic acid groups (broad SMARTS) is 1. The number of alkyl halides is 1. The summed E-state index contributed by atoms with van der Waals surface area (Å²) in [7, 11) is 0. The summed E-state index contributed by atoms with van der Waals surface area (Å²) < 4.78 is 12.0. The summed E-state index contributed by atoms with van der Waals surface area (Å²) in [6, 6.07) is 4.68. The van der Waals surface area contributed by atoms with Gasteiger partial charge in [0.2, 0.25) is 0 Å². The van der Waals surface area contributed by atoms with Crippen molar-refractivity contribution < 1.29 is 14.3 Å². The van der Waals surface area contributed by atoms with E-state index in [1.54, 1.807) is 12.1 Å². The molecule has 0 radical (unpaired) electrons. The number of aromatic nitrogens is 1. The third kappa shape index (κ3) is 2.30. The molecule has 0 atom stereocenters. The standard InChI is InChI=1S/C8H8FNO2/c9-5-7-3-1-2-6(10-7)4-8(11)12/h1-3H,4-5H2,(H,11,12). The molecular formula is C8H8FNO2. The maximum absolute atomic E-state index is 12.0.